The predicted octanol–water partition coefficient (Wildman–Crippen LogP) is 4.13. The zero-order chi connectivity index (χ0) is 13.8. The zero-order valence-electron chi connectivity index (χ0n) is 10.4. The van der Waals surface area contributed by atoms with Crippen LogP contribution in [0.4, 0.5) is 10.1 Å². The number of benzene rings is 2. The van der Waals surface area contributed by atoms with Crippen molar-refractivity contribution in [3.63, 3.8) is 0 Å². The van der Waals surface area contributed by atoms with Gasteiger partial charge in [0.05, 0.1) is 0 Å². The first-order chi connectivity index (χ1) is 9.10. The second-order valence-electron chi connectivity index (χ2n) is 4.25. The van der Waals surface area contributed by atoms with E-state index < -0.39 is 0 Å². The van der Waals surface area contributed by atoms with Crippen LogP contribution in [-0.4, -0.2) is 5.91 Å². The van der Waals surface area contributed by atoms with Gasteiger partial charge in [0.25, 0.3) is 5.91 Å². The highest BCUT2D eigenvalue weighted by Gasteiger charge is 2.09. The number of aryl methyl sites for hydroxylation is 1. The topological polar surface area (TPSA) is 29.1 Å². The third-order valence-corrected chi connectivity index (χ3v) is 3.10. The van der Waals surface area contributed by atoms with Gasteiger partial charge in [-0.2, -0.15) is 0 Å². The monoisotopic (exact) mass is 277 g/mol. The fourth-order valence-corrected chi connectivity index (χ4v) is 1.89. The minimum absolute atomic E-state index is 0.277. The summed E-state index contributed by atoms with van der Waals surface area (Å²) in [6, 6.07) is 11.3. The van der Waals surface area contributed by atoms with Crippen LogP contribution >= 0.6 is 11.6 Å². The predicted molar refractivity (Wildman–Crippen MR) is 75.1 cm³/mol. The van der Waals surface area contributed by atoms with E-state index in [-0.39, 0.29) is 11.7 Å². The van der Waals surface area contributed by atoms with E-state index in [1.807, 2.05) is 13.0 Å². The molecule has 0 aliphatic rings. The number of anilines is 1. The lowest BCUT2D eigenvalue weighted by molar-refractivity contribution is 0.102. The molecule has 19 heavy (non-hydrogen) atoms. The molecule has 0 unspecified atom stereocenters. The summed E-state index contributed by atoms with van der Waals surface area (Å²) >= 11 is 5.73. The van der Waals surface area contributed by atoms with Gasteiger partial charge in [-0.3, -0.25) is 4.79 Å². The van der Waals surface area contributed by atoms with Gasteiger partial charge >= 0.3 is 0 Å². The summed E-state index contributed by atoms with van der Waals surface area (Å²) in [5.74, 6) is -0.309. The van der Waals surface area contributed by atoms with Gasteiger partial charge in [-0.05, 0) is 42.3 Å². The van der Waals surface area contributed by atoms with Crippen molar-refractivity contribution in [3.8, 4) is 0 Å². The number of amides is 1. The third-order valence-electron chi connectivity index (χ3n) is 2.79. The molecule has 0 atom stereocenters. The van der Waals surface area contributed by atoms with Crippen molar-refractivity contribution in [1.82, 2.24) is 0 Å². The van der Waals surface area contributed by atoms with Crippen molar-refractivity contribution in [1.29, 1.82) is 0 Å². The second-order valence-corrected chi connectivity index (χ2v) is 4.51. The molecule has 0 radical (unpaired) electrons. The maximum absolute atomic E-state index is 13.1. The first-order valence-corrected chi connectivity index (χ1v) is 6.36. The molecule has 98 valence electrons. The summed E-state index contributed by atoms with van der Waals surface area (Å²) in [5, 5.41) is 2.70. The van der Waals surface area contributed by atoms with Crippen LogP contribution in [0.3, 0.4) is 0 Å². The number of carbonyl (C=O) groups excluding carboxylic acids is 1. The Morgan fingerprint density at radius 3 is 2.79 bits per heavy atom. The van der Waals surface area contributed by atoms with Crippen molar-refractivity contribution >= 4 is 23.2 Å². The van der Waals surface area contributed by atoms with Crippen LogP contribution in [0.25, 0.3) is 0 Å². The van der Waals surface area contributed by atoms with Gasteiger partial charge in [-0.25, -0.2) is 4.39 Å². The average molecular weight is 278 g/mol. The molecule has 2 aromatic carbocycles. The van der Waals surface area contributed by atoms with Crippen LogP contribution in [-0.2, 0) is 5.88 Å². The first kappa shape index (κ1) is 13.6. The summed E-state index contributed by atoms with van der Waals surface area (Å²) in [6.45, 7) is 1.81. The zero-order valence-corrected chi connectivity index (χ0v) is 11.2. The highest BCUT2D eigenvalue weighted by Crippen LogP contribution is 2.17. The standard InChI is InChI=1S/C15H13ClFNO/c1-10-5-6-13(17)8-14(10)18-15(19)12-4-2-3-11(7-12)9-16/h2-8H,9H2,1H3,(H,18,19). The SMILES string of the molecule is Cc1ccc(F)cc1NC(=O)c1cccc(CCl)c1. The van der Waals surface area contributed by atoms with E-state index >= 15 is 0 Å². The molecule has 0 heterocycles. The number of carbonyl (C=O) groups is 1. The number of rotatable bonds is 3. The van der Waals surface area contributed by atoms with Crippen molar-refractivity contribution < 1.29 is 9.18 Å². The fraction of sp³-hybridized carbons (Fsp3) is 0.133. The van der Waals surface area contributed by atoms with Gasteiger partial charge in [0, 0.05) is 17.1 Å². The smallest absolute Gasteiger partial charge is 0.255 e. The van der Waals surface area contributed by atoms with E-state index in [4.69, 9.17) is 11.6 Å². The van der Waals surface area contributed by atoms with Crippen LogP contribution < -0.4 is 5.32 Å². The molecule has 0 saturated heterocycles. The molecule has 1 amide bonds. The molecule has 0 aliphatic carbocycles. The van der Waals surface area contributed by atoms with Gasteiger partial charge < -0.3 is 5.32 Å². The Hall–Kier alpha value is -1.87. The minimum atomic E-state index is -0.379. The minimum Gasteiger partial charge on any atom is -0.322 e. The van der Waals surface area contributed by atoms with E-state index in [0.717, 1.165) is 11.1 Å². The van der Waals surface area contributed by atoms with Crippen molar-refractivity contribution in [3.05, 3.63) is 65.0 Å². The van der Waals surface area contributed by atoms with E-state index in [9.17, 15) is 9.18 Å². The van der Waals surface area contributed by atoms with Crippen molar-refractivity contribution in [2.45, 2.75) is 12.8 Å². The van der Waals surface area contributed by atoms with Gasteiger partial charge in [0.2, 0.25) is 0 Å². The maximum Gasteiger partial charge on any atom is 0.255 e. The largest absolute Gasteiger partial charge is 0.322 e. The summed E-state index contributed by atoms with van der Waals surface area (Å²) in [6.07, 6.45) is 0. The lowest BCUT2D eigenvalue weighted by atomic mass is 10.1. The van der Waals surface area contributed by atoms with Gasteiger partial charge in [0.15, 0.2) is 0 Å². The van der Waals surface area contributed by atoms with E-state index in [0.29, 0.717) is 17.1 Å². The number of hydrogen-bond acceptors (Lipinski definition) is 1. The average Bonchev–Trinajstić information content (AvgIpc) is 2.43. The van der Waals surface area contributed by atoms with Crippen LogP contribution in [0.1, 0.15) is 21.5 Å². The van der Waals surface area contributed by atoms with Gasteiger partial charge in [-0.15, -0.1) is 11.6 Å². The lowest BCUT2D eigenvalue weighted by Crippen LogP contribution is -2.13. The molecule has 0 saturated carbocycles. The summed E-state index contributed by atoms with van der Waals surface area (Å²) in [5.41, 5.74) is 2.65. The molecule has 0 bridgehead atoms. The van der Waals surface area contributed by atoms with Crippen LogP contribution in [0, 0.1) is 12.7 Å². The summed E-state index contributed by atoms with van der Waals surface area (Å²) < 4.78 is 13.1. The molecule has 2 aromatic rings. The number of nitrogens with one attached hydrogen (secondary N) is 1. The highest BCUT2D eigenvalue weighted by atomic mass is 35.5. The highest BCUT2D eigenvalue weighted by molar-refractivity contribution is 6.17. The Bertz CT molecular complexity index is 613. The molecule has 2 rings (SSSR count). The van der Waals surface area contributed by atoms with Crippen LogP contribution in [0.5, 0.6) is 0 Å². The van der Waals surface area contributed by atoms with E-state index in [1.54, 1.807) is 24.3 Å². The Balaban J connectivity index is 2.22. The number of hydrogen-bond donors (Lipinski definition) is 1. The molecule has 0 fully saturated rings. The van der Waals surface area contributed by atoms with E-state index in [1.165, 1.54) is 12.1 Å². The Morgan fingerprint density at radius 2 is 2.05 bits per heavy atom. The summed E-state index contributed by atoms with van der Waals surface area (Å²) in [4.78, 5) is 12.1. The van der Waals surface area contributed by atoms with Crippen molar-refractivity contribution in [2.24, 2.45) is 0 Å². The number of alkyl halides is 1. The molecular weight excluding hydrogens is 265 g/mol. The Morgan fingerprint density at radius 1 is 1.26 bits per heavy atom. The van der Waals surface area contributed by atoms with E-state index in [2.05, 4.69) is 5.32 Å². The van der Waals surface area contributed by atoms with Crippen LogP contribution in [0.15, 0.2) is 42.5 Å². The molecular formula is C15H13ClFNO. The molecule has 1 N–H and O–H groups in total. The number of halogens is 2. The molecule has 0 aliphatic heterocycles. The molecule has 4 heteroatoms. The Labute approximate surface area is 116 Å². The van der Waals surface area contributed by atoms with Crippen molar-refractivity contribution in [2.75, 3.05) is 5.32 Å². The second kappa shape index (κ2) is 5.85. The maximum atomic E-state index is 13.1. The normalized spacial score (nSPS) is 10.3. The quantitative estimate of drug-likeness (QED) is 0.840. The van der Waals surface area contributed by atoms with Crippen LogP contribution in [0.2, 0.25) is 0 Å². The van der Waals surface area contributed by atoms with Gasteiger partial charge in [-0.1, -0.05) is 18.2 Å². The first-order valence-electron chi connectivity index (χ1n) is 5.82. The van der Waals surface area contributed by atoms with Gasteiger partial charge in [0.1, 0.15) is 5.82 Å². The molecule has 0 spiro atoms. The third kappa shape index (κ3) is 3.32. The Kier molecular flexibility index (Phi) is 4.17. The molecule has 2 nitrogen and oxygen atoms in total. The fourth-order valence-electron chi connectivity index (χ4n) is 1.72. The lowest BCUT2D eigenvalue weighted by Gasteiger charge is -2.09. The molecule has 0 aromatic heterocycles. The summed E-state index contributed by atoms with van der Waals surface area (Å²) in [7, 11) is 0.